The van der Waals surface area contributed by atoms with Crippen molar-refractivity contribution in [2.45, 2.75) is 77.0 Å². The molecule has 2 fully saturated rings. The third-order valence-corrected chi connectivity index (χ3v) is 7.84. The fraction of sp³-hybridized carbons (Fsp3) is 0.433. The van der Waals surface area contributed by atoms with Crippen LogP contribution in [0.3, 0.4) is 0 Å². The van der Waals surface area contributed by atoms with Gasteiger partial charge < -0.3 is 20.5 Å². The summed E-state index contributed by atoms with van der Waals surface area (Å²) < 4.78 is 5.41. The van der Waals surface area contributed by atoms with Gasteiger partial charge in [-0.25, -0.2) is 4.79 Å². The molecular weight excluding hydrogens is 537 g/mol. The molecule has 2 aliphatic carbocycles. The van der Waals surface area contributed by atoms with Crippen LogP contribution in [-0.2, 0) is 4.74 Å². The fourth-order valence-electron chi connectivity index (χ4n) is 5.09. The minimum atomic E-state index is -0.537. The zero-order valence-corrected chi connectivity index (χ0v) is 23.8. The van der Waals surface area contributed by atoms with E-state index in [9.17, 15) is 14.7 Å². The van der Waals surface area contributed by atoms with Crippen LogP contribution in [0.15, 0.2) is 36.5 Å². The van der Waals surface area contributed by atoms with Crippen LogP contribution in [0.1, 0.15) is 69.7 Å². The van der Waals surface area contributed by atoms with Gasteiger partial charge in [0, 0.05) is 41.2 Å². The number of nitrogens with zero attached hydrogens (tertiary/aromatic N) is 1. The van der Waals surface area contributed by atoms with Crippen LogP contribution in [0.4, 0.5) is 10.5 Å². The number of halogens is 2. The number of anilines is 1. The van der Waals surface area contributed by atoms with Crippen molar-refractivity contribution in [2.75, 3.05) is 5.32 Å². The van der Waals surface area contributed by atoms with E-state index in [4.69, 9.17) is 27.9 Å². The van der Waals surface area contributed by atoms with E-state index in [0.29, 0.717) is 16.1 Å². The molecule has 0 bridgehead atoms. The lowest BCUT2D eigenvalue weighted by molar-refractivity contribution is 0.0492. The van der Waals surface area contributed by atoms with Gasteiger partial charge in [0.05, 0.1) is 26.8 Å². The second kappa shape index (κ2) is 10.9. The normalized spacial score (nSPS) is 19.5. The quantitative estimate of drug-likeness (QED) is 0.262. The summed E-state index contributed by atoms with van der Waals surface area (Å²) >= 11 is 12.6. The van der Waals surface area contributed by atoms with Crippen molar-refractivity contribution in [3.05, 3.63) is 52.1 Å². The average molecular weight is 571 g/mol. The molecule has 7 nitrogen and oxygen atoms in total. The van der Waals surface area contributed by atoms with Crippen molar-refractivity contribution >= 4 is 51.7 Å². The first-order valence-corrected chi connectivity index (χ1v) is 14.2. The molecule has 2 aromatic carbocycles. The molecule has 3 N–H and O–H groups in total. The van der Waals surface area contributed by atoms with Crippen LogP contribution in [0.5, 0.6) is 5.75 Å². The second-order valence-corrected chi connectivity index (χ2v) is 12.4. The number of hydrogen-bond acceptors (Lipinski definition) is 6. The first-order valence-electron chi connectivity index (χ1n) is 13.4. The maximum atomic E-state index is 13.3. The number of aromatic hydroxyl groups is 1. The molecule has 0 spiro atoms. The Labute approximate surface area is 238 Å². The SMILES string of the molecule is CC(C)(C)OC(=O)N[C@H]1CC[C@H](Nc2c(C(=O)C3CC3)cnc3ccc(-c4cc(Cl)c(O)cc4Cl)cc23)CC1. The number of nitrogens with one attached hydrogen (secondary N) is 2. The number of aromatic nitrogens is 1. The minimum absolute atomic E-state index is 0.0482. The molecule has 3 aromatic rings. The van der Waals surface area contributed by atoms with Crippen molar-refractivity contribution in [1.82, 2.24) is 10.3 Å². The molecule has 0 aliphatic heterocycles. The third-order valence-electron chi connectivity index (χ3n) is 7.23. The number of carbonyl (C=O) groups is 2. The Balaban J connectivity index is 1.42. The van der Waals surface area contributed by atoms with Crippen LogP contribution in [0.25, 0.3) is 22.0 Å². The highest BCUT2D eigenvalue weighted by molar-refractivity contribution is 6.36. The summed E-state index contributed by atoms with van der Waals surface area (Å²) in [7, 11) is 0. The fourth-order valence-corrected chi connectivity index (χ4v) is 5.52. The number of Topliss-reactive ketones (excluding diaryl/α,β-unsaturated/α-hetero) is 1. The number of phenols is 1. The van der Waals surface area contributed by atoms with Crippen LogP contribution in [0, 0.1) is 5.92 Å². The van der Waals surface area contributed by atoms with E-state index in [1.807, 2.05) is 39.0 Å². The number of rotatable bonds is 6. The molecule has 2 aliphatic rings. The van der Waals surface area contributed by atoms with Crippen molar-refractivity contribution < 1.29 is 19.4 Å². The highest BCUT2D eigenvalue weighted by Crippen LogP contribution is 2.41. The van der Waals surface area contributed by atoms with Gasteiger partial charge in [0.15, 0.2) is 5.78 Å². The standard InChI is InChI=1S/C30H33Cl2N3O4/c1-30(2,3)39-29(38)35-19-9-7-18(8-10-19)34-27-21-12-17(20-13-24(32)26(36)14-23(20)31)6-11-25(21)33-15-22(27)28(37)16-4-5-16/h6,11-16,18-19,36H,4-5,7-10H2,1-3H3,(H,33,34)(H,35,38)/t18-,19-. The van der Waals surface area contributed by atoms with E-state index in [0.717, 1.165) is 60.7 Å². The number of fused-ring (bicyclic) bond motifs is 1. The van der Waals surface area contributed by atoms with Crippen molar-refractivity contribution in [2.24, 2.45) is 5.92 Å². The molecule has 2 saturated carbocycles. The third kappa shape index (κ3) is 6.42. The lowest BCUT2D eigenvalue weighted by atomic mass is 9.90. The summed E-state index contributed by atoms with van der Waals surface area (Å²) in [4.78, 5) is 30.1. The molecule has 1 amide bonds. The summed E-state index contributed by atoms with van der Waals surface area (Å²) in [5, 5.41) is 18.0. The van der Waals surface area contributed by atoms with Gasteiger partial charge in [0.1, 0.15) is 11.4 Å². The molecule has 0 unspecified atom stereocenters. The first-order chi connectivity index (χ1) is 18.5. The molecule has 1 aromatic heterocycles. The topological polar surface area (TPSA) is 101 Å². The number of carbonyl (C=O) groups excluding carboxylic acids is 2. The summed E-state index contributed by atoms with van der Waals surface area (Å²) in [6.07, 6.45) is 6.37. The van der Waals surface area contributed by atoms with Gasteiger partial charge in [-0.2, -0.15) is 0 Å². The van der Waals surface area contributed by atoms with Gasteiger partial charge in [-0.3, -0.25) is 9.78 Å². The van der Waals surface area contributed by atoms with Crippen LogP contribution < -0.4 is 10.6 Å². The van der Waals surface area contributed by atoms with Gasteiger partial charge in [0.2, 0.25) is 0 Å². The number of ketones is 1. The number of pyridine rings is 1. The Morgan fingerprint density at radius 3 is 2.33 bits per heavy atom. The molecule has 1 heterocycles. The van der Waals surface area contributed by atoms with E-state index in [2.05, 4.69) is 15.6 Å². The summed E-state index contributed by atoms with van der Waals surface area (Å²) in [6.45, 7) is 5.55. The molecule has 0 radical (unpaired) electrons. The lowest BCUT2D eigenvalue weighted by Crippen LogP contribution is -2.42. The largest absolute Gasteiger partial charge is 0.506 e. The number of ether oxygens (including phenoxy) is 1. The maximum Gasteiger partial charge on any atom is 0.407 e. The highest BCUT2D eigenvalue weighted by Gasteiger charge is 2.33. The van der Waals surface area contributed by atoms with Crippen LogP contribution >= 0.6 is 23.2 Å². The Bertz CT molecular complexity index is 1420. The van der Waals surface area contributed by atoms with Gasteiger partial charge in [-0.05, 0) is 83.1 Å². The predicted octanol–water partition coefficient (Wildman–Crippen LogP) is 7.75. The Morgan fingerprint density at radius 2 is 1.67 bits per heavy atom. The van der Waals surface area contributed by atoms with Gasteiger partial charge in [-0.1, -0.05) is 29.3 Å². The van der Waals surface area contributed by atoms with Crippen LogP contribution in [0.2, 0.25) is 10.0 Å². The Kier molecular flexibility index (Phi) is 7.66. The number of benzene rings is 2. The van der Waals surface area contributed by atoms with E-state index in [-0.39, 0.29) is 34.6 Å². The van der Waals surface area contributed by atoms with Crippen molar-refractivity contribution in [3.8, 4) is 16.9 Å². The number of hydrogen-bond donors (Lipinski definition) is 3. The summed E-state index contributed by atoms with van der Waals surface area (Å²) in [5.74, 6) is 0.0831. The zero-order valence-electron chi connectivity index (χ0n) is 22.3. The van der Waals surface area contributed by atoms with Crippen molar-refractivity contribution in [1.29, 1.82) is 0 Å². The molecular formula is C30H33Cl2N3O4. The smallest absolute Gasteiger partial charge is 0.407 e. The Morgan fingerprint density at radius 1 is 0.974 bits per heavy atom. The van der Waals surface area contributed by atoms with Gasteiger partial charge in [-0.15, -0.1) is 0 Å². The van der Waals surface area contributed by atoms with E-state index < -0.39 is 11.7 Å². The maximum absolute atomic E-state index is 13.3. The monoisotopic (exact) mass is 569 g/mol. The van der Waals surface area contributed by atoms with Crippen molar-refractivity contribution in [3.63, 3.8) is 0 Å². The highest BCUT2D eigenvalue weighted by atomic mass is 35.5. The average Bonchev–Trinajstić information content (AvgIpc) is 3.71. The number of alkyl carbamates (subject to hydrolysis) is 1. The lowest BCUT2D eigenvalue weighted by Gasteiger charge is -2.31. The molecule has 206 valence electrons. The van der Waals surface area contributed by atoms with E-state index in [1.165, 1.54) is 6.07 Å². The molecule has 39 heavy (non-hydrogen) atoms. The van der Waals surface area contributed by atoms with E-state index in [1.54, 1.807) is 12.3 Å². The summed E-state index contributed by atoms with van der Waals surface area (Å²) in [6, 6.07) is 9.03. The first kappa shape index (κ1) is 27.5. The van der Waals surface area contributed by atoms with Gasteiger partial charge in [0.25, 0.3) is 0 Å². The van der Waals surface area contributed by atoms with Crippen LogP contribution in [-0.4, -0.2) is 39.7 Å². The second-order valence-electron chi connectivity index (χ2n) is 11.5. The number of phenolic OH excluding ortho intramolecular Hbond substituents is 1. The van der Waals surface area contributed by atoms with E-state index >= 15 is 0 Å². The Hall–Kier alpha value is -3.03. The molecule has 9 heteroatoms. The molecule has 0 atom stereocenters. The minimum Gasteiger partial charge on any atom is -0.506 e. The summed E-state index contributed by atoms with van der Waals surface area (Å²) in [5.41, 5.74) is 3.09. The predicted molar refractivity (Wildman–Crippen MR) is 155 cm³/mol. The molecule has 5 rings (SSSR count). The van der Waals surface area contributed by atoms with Gasteiger partial charge >= 0.3 is 6.09 Å². The zero-order chi connectivity index (χ0) is 27.9. The number of amides is 1. The molecule has 0 saturated heterocycles.